The van der Waals surface area contributed by atoms with Crippen molar-refractivity contribution in [2.45, 2.75) is 355 Å². The molecular weight excluding hydrogens is 1170 g/mol. The molecule has 90 heavy (non-hydrogen) atoms. The molecule has 3 aliphatic rings. The quantitative estimate of drug-likeness (QED) is 0.0243. The number of nitrogens with one attached hydrogen (secondary N) is 2. The van der Waals surface area contributed by atoms with Crippen LogP contribution < -0.4 is 10.6 Å². The van der Waals surface area contributed by atoms with Crippen LogP contribution in [0.2, 0.25) is 0 Å². The number of aliphatic hydroxyl groups excluding tert-OH is 11. The van der Waals surface area contributed by atoms with Crippen LogP contribution in [0.4, 0.5) is 0 Å². The van der Waals surface area contributed by atoms with Crippen molar-refractivity contribution >= 4 is 17.8 Å². The third kappa shape index (κ3) is 30.3. The van der Waals surface area contributed by atoms with Crippen molar-refractivity contribution in [2.75, 3.05) is 26.4 Å². The van der Waals surface area contributed by atoms with Crippen LogP contribution in [0.25, 0.3) is 0 Å². The summed E-state index contributed by atoms with van der Waals surface area (Å²) in [6.45, 7) is 2.13. The predicted molar refractivity (Wildman–Crippen MR) is 338 cm³/mol. The van der Waals surface area contributed by atoms with Crippen LogP contribution in [-0.2, 0) is 42.8 Å². The molecule has 3 aliphatic heterocycles. The van der Waals surface area contributed by atoms with Gasteiger partial charge in [0.05, 0.1) is 50.7 Å². The first kappa shape index (κ1) is 81.4. The summed E-state index contributed by atoms with van der Waals surface area (Å²) in [5.74, 6) is -6.15. The fourth-order valence-corrected chi connectivity index (χ4v) is 12.1. The van der Waals surface area contributed by atoms with E-state index in [2.05, 4.69) is 36.6 Å². The summed E-state index contributed by atoms with van der Waals surface area (Å²) in [5.41, 5.74) is 0. The molecule has 3 rings (SSSR count). The topological polar surface area (TPSA) is 373 Å². The Balaban J connectivity index is 1.59. The van der Waals surface area contributed by atoms with Crippen molar-refractivity contribution < 1.29 is 104 Å². The molecule has 0 saturated carbocycles. The minimum Gasteiger partial charge on any atom is -0.477 e. The summed E-state index contributed by atoms with van der Waals surface area (Å²) in [7, 11) is 0. The lowest BCUT2D eigenvalue weighted by atomic mass is 9.88. The van der Waals surface area contributed by atoms with Crippen molar-refractivity contribution in [1.82, 2.24) is 10.6 Å². The molecule has 526 valence electrons. The number of allylic oxidation sites excluding steroid dienone is 3. The molecule has 0 aliphatic carbocycles. The monoisotopic (exact) mass is 1290 g/mol. The highest BCUT2D eigenvalue weighted by molar-refractivity contribution is 5.77. The van der Waals surface area contributed by atoms with E-state index < -0.39 is 155 Å². The fourth-order valence-electron chi connectivity index (χ4n) is 12.1. The Morgan fingerprint density at radius 3 is 1.51 bits per heavy atom. The van der Waals surface area contributed by atoms with E-state index in [9.17, 15) is 75.7 Å². The average Bonchev–Trinajstić information content (AvgIpc) is 0.767. The number of unbranched alkanes of at least 4 members (excludes halogenated alkanes) is 30. The van der Waals surface area contributed by atoms with Crippen LogP contribution in [-0.4, -0.2) is 215 Å². The van der Waals surface area contributed by atoms with Crippen molar-refractivity contribution in [3.8, 4) is 0 Å². The molecule has 14 N–H and O–H groups in total. The molecule has 0 aromatic heterocycles. The minimum absolute atomic E-state index is 0.196. The van der Waals surface area contributed by atoms with E-state index in [-0.39, 0.29) is 12.3 Å². The van der Waals surface area contributed by atoms with Gasteiger partial charge in [-0.25, -0.2) is 4.79 Å². The number of aliphatic carboxylic acids is 1. The zero-order chi connectivity index (χ0) is 66.1. The van der Waals surface area contributed by atoms with E-state index in [0.29, 0.717) is 12.8 Å². The lowest BCUT2D eigenvalue weighted by Gasteiger charge is -2.50. The maximum absolute atomic E-state index is 13.4. The molecule has 2 amide bonds. The van der Waals surface area contributed by atoms with Crippen molar-refractivity contribution in [3.05, 3.63) is 24.3 Å². The van der Waals surface area contributed by atoms with Crippen molar-refractivity contribution in [1.29, 1.82) is 0 Å². The smallest absolute Gasteiger partial charge is 0.364 e. The first-order valence-corrected chi connectivity index (χ1v) is 34.7. The van der Waals surface area contributed by atoms with Crippen LogP contribution >= 0.6 is 0 Å². The predicted octanol–water partition coefficient (Wildman–Crippen LogP) is 6.06. The van der Waals surface area contributed by atoms with Crippen LogP contribution in [0, 0.1) is 0 Å². The Labute approximate surface area is 536 Å². The first-order valence-electron chi connectivity index (χ1n) is 34.7. The molecule has 18 atom stereocenters. The molecule has 3 heterocycles. The van der Waals surface area contributed by atoms with Gasteiger partial charge in [0.15, 0.2) is 12.6 Å². The molecule has 3 fully saturated rings. The molecule has 0 bridgehead atoms. The molecule has 0 aromatic rings. The largest absolute Gasteiger partial charge is 0.477 e. The number of carboxylic acids is 1. The van der Waals surface area contributed by atoms with E-state index in [4.69, 9.17) is 28.4 Å². The Morgan fingerprint density at radius 2 is 1.04 bits per heavy atom. The second kappa shape index (κ2) is 48.0. The number of carbonyl (C=O) groups is 3. The second-order valence-corrected chi connectivity index (χ2v) is 25.4. The Morgan fingerprint density at radius 1 is 0.578 bits per heavy atom. The Kier molecular flexibility index (Phi) is 43.4. The van der Waals surface area contributed by atoms with E-state index in [1.807, 2.05) is 6.08 Å². The zero-order valence-corrected chi connectivity index (χ0v) is 54.7. The summed E-state index contributed by atoms with van der Waals surface area (Å²) in [6.07, 6.45) is 18.0. The lowest BCUT2D eigenvalue weighted by Crippen LogP contribution is -2.70. The number of hydrogen-bond donors (Lipinski definition) is 14. The Bertz CT molecular complexity index is 1920. The van der Waals surface area contributed by atoms with E-state index >= 15 is 0 Å². The summed E-state index contributed by atoms with van der Waals surface area (Å²) in [5, 5.41) is 136. The van der Waals surface area contributed by atoms with Gasteiger partial charge in [-0.2, -0.15) is 0 Å². The van der Waals surface area contributed by atoms with Gasteiger partial charge in [-0.1, -0.05) is 205 Å². The van der Waals surface area contributed by atoms with E-state index in [1.54, 1.807) is 6.08 Å². The van der Waals surface area contributed by atoms with Gasteiger partial charge in [0.1, 0.15) is 67.1 Å². The number of carbonyl (C=O) groups excluding carboxylic acids is 2. The normalized spacial score (nSPS) is 28.7. The van der Waals surface area contributed by atoms with Gasteiger partial charge in [-0.3, -0.25) is 9.59 Å². The van der Waals surface area contributed by atoms with E-state index in [0.717, 1.165) is 77.6 Å². The van der Waals surface area contributed by atoms with Crippen LogP contribution in [0.15, 0.2) is 24.3 Å². The molecule has 23 heteroatoms. The summed E-state index contributed by atoms with van der Waals surface area (Å²) < 4.78 is 34.8. The highest BCUT2D eigenvalue weighted by Crippen LogP contribution is 2.39. The molecule has 0 radical (unpaired) electrons. The number of amides is 2. The number of aliphatic hydroxyl groups is 11. The highest BCUT2D eigenvalue weighted by Gasteiger charge is 2.60. The summed E-state index contributed by atoms with van der Waals surface area (Å²) >= 11 is 0. The van der Waals surface area contributed by atoms with Gasteiger partial charge in [0, 0.05) is 19.8 Å². The first-order chi connectivity index (χ1) is 43.4. The van der Waals surface area contributed by atoms with Crippen LogP contribution in [0.3, 0.4) is 0 Å². The van der Waals surface area contributed by atoms with Gasteiger partial charge < -0.3 is 100 Å². The van der Waals surface area contributed by atoms with Crippen LogP contribution in [0.1, 0.15) is 245 Å². The summed E-state index contributed by atoms with van der Waals surface area (Å²) in [6, 6.07) is -2.62. The average molecular weight is 1290 g/mol. The number of rotatable bonds is 52. The van der Waals surface area contributed by atoms with Crippen LogP contribution in [0.5, 0.6) is 0 Å². The SMILES string of the molecule is CCCCCCCCCCCCC/C=C\CCCCCCCCCC(=O)NC(COC1OC(CO)C(OC2OC(CO)C(O)C(OC3(C(=O)O)CC(O)C(NC(C)=O)C(C(O)C(O)CO)O3)C2O)C(O)C1O)C(O)/C=C/CCCCCCCCCCCCCC. The molecule has 0 spiro atoms. The van der Waals surface area contributed by atoms with Gasteiger partial charge in [0.2, 0.25) is 11.8 Å². The number of carboxylic acid groups (broad SMARTS) is 1. The molecule has 0 aromatic carbocycles. The molecule has 3 saturated heterocycles. The summed E-state index contributed by atoms with van der Waals surface area (Å²) in [4.78, 5) is 38.5. The Hall–Kier alpha value is -2.79. The van der Waals surface area contributed by atoms with Gasteiger partial charge in [-0.15, -0.1) is 0 Å². The molecule has 23 nitrogen and oxygen atoms in total. The third-order valence-electron chi connectivity index (χ3n) is 17.6. The maximum atomic E-state index is 13.4. The van der Waals surface area contributed by atoms with Gasteiger partial charge in [0.25, 0.3) is 5.79 Å². The number of hydrogen-bond acceptors (Lipinski definition) is 20. The molecule has 18 unspecified atom stereocenters. The zero-order valence-electron chi connectivity index (χ0n) is 54.7. The fraction of sp³-hybridized carbons (Fsp3) is 0.896. The van der Waals surface area contributed by atoms with Crippen molar-refractivity contribution in [3.63, 3.8) is 0 Å². The lowest BCUT2D eigenvalue weighted by molar-refractivity contribution is -0.386. The minimum atomic E-state index is -3.08. The second-order valence-electron chi connectivity index (χ2n) is 25.4. The standard InChI is InChI=1S/C67H122N2O21/c1-4-6-8-10-12-14-16-18-20-21-22-23-24-25-26-27-29-31-33-35-37-39-41-54(77)69-48(49(74)40-38-36-34-32-30-28-19-17-15-13-11-9-7-5-2)46-85-64-59(81)58(80)61(53(45-72)87-64)88-65-60(82)63(57(79)52(44-71)86-65)90-67(66(83)84)42-50(75)55(68-47(3)73)62(89-67)56(78)51(76)43-70/h24-25,38,40,48-53,55-65,70-72,74-76,78-82H,4-23,26-37,39,41-46H2,1-3H3,(H,68,73)(H,69,77)(H,83,84)/b25-24-,40-38+. The molecular formula is C67H122N2O21. The highest BCUT2D eigenvalue weighted by atomic mass is 16.8. The third-order valence-corrected chi connectivity index (χ3v) is 17.6. The van der Waals surface area contributed by atoms with Gasteiger partial charge >= 0.3 is 5.97 Å². The van der Waals surface area contributed by atoms with Crippen molar-refractivity contribution in [2.24, 2.45) is 0 Å². The maximum Gasteiger partial charge on any atom is 0.364 e. The van der Waals surface area contributed by atoms with E-state index in [1.165, 1.54) is 128 Å². The number of ether oxygens (including phenoxy) is 6. The van der Waals surface area contributed by atoms with Gasteiger partial charge in [-0.05, 0) is 44.9 Å².